The summed E-state index contributed by atoms with van der Waals surface area (Å²) in [6.07, 6.45) is 5.50. The summed E-state index contributed by atoms with van der Waals surface area (Å²) in [5, 5.41) is 4.25. The minimum absolute atomic E-state index is 0.0940. The van der Waals surface area contributed by atoms with Crippen LogP contribution in [-0.2, 0) is 13.5 Å². The first-order chi connectivity index (χ1) is 10.6. The van der Waals surface area contributed by atoms with E-state index in [9.17, 15) is 4.79 Å². The molecular weight excluding hydrogens is 276 g/mol. The highest BCUT2D eigenvalue weighted by molar-refractivity contribution is 5.91. The van der Waals surface area contributed by atoms with Gasteiger partial charge in [0.25, 0.3) is 5.91 Å². The molecule has 0 bridgehead atoms. The van der Waals surface area contributed by atoms with Gasteiger partial charge in [0.05, 0.1) is 6.26 Å². The zero-order valence-corrected chi connectivity index (χ0v) is 12.9. The third kappa shape index (κ3) is 2.91. The van der Waals surface area contributed by atoms with Gasteiger partial charge in [0, 0.05) is 30.2 Å². The molecule has 1 atom stereocenters. The standard InChI is InChI=1S/C18H20N2O2/c1-13(19-18(21)17-8-5-11-22-17)9-10-14-12-20(2)16-7-4-3-6-15(14)16/h3-8,11-13H,9-10H2,1-2H3,(H,19,21)/t13-/m0/s1. The fourth-order valence-corrected chi connectivity index (χ4v) is 2.77. The number of carbonyl (C=O) groups is 1. The van der Waals surface area contributed by atoms with Crippen LogP contribution in [0.4, 0.5) is 0 Å². The Morgan fingerprint density at radius 1 is 1.27 bits per heavy atom. The molecule has 0 radical (unpaired) electrons. The molecule has 4 heteroatoms. The van der Waals surface area contributed by atoms with Crippen LogP contribution in [0.1, 0.15) is 29.5 Å². The predicted octanol–water partition coefficient (Wildman–Crippen LogP) is 3.52. The van der Waals surface area contributed by atoms with Gasteiger partial charge in [-0.15, -0.1) is 0 Å². The number of rotatable bonds is 5. The average molecular weight is 296 g/mol. The lowest BCUT2D eigenvalue weighted by Gasteiger charge is -2.12. The molecule has 0 aliphatic heterocycles. The van der Waals surface area contributed by atoms with Gasteiger partial charge in [-0.05, 0) is 43.5 Å². The van der Waals surface area contributed by atoms with Crippen LogP contribution in [0.2, 0.25) is 0 Å². The van der Waals surface area contributed by atoms with Gasteiger partial charge in [0.2, 0.25) is 0 Å². The van der Waals surface area contributed by atoms with E-state index in [0.29, 0.717) is 5.76 Å². The van der Waals surface area contributed by atoms with Gasteiger partial charge in [-0.1, -0.05) is 18.2 Å². The molecule has 1 aromatic carbocycles. The monoisotopic (exact) mass is 296 g/mol. The molecule has 0 saturated heterocycles. The minimum atomic E-state index is -0.157. The van der Waals surface area contributed by atoms with Crippen LogP contribution < -0.4 is 5.32 Å². The average Bonchev–Trinajstić information content (AvgIpc) is 3.14. The summed E-state index contributed by atoms with van der Waals surface area (Å²) in [5.41, 5.74) is 2.56. The van der Waals surface area contributed by atoms with Crippen LogP contribution in [0.3, 0.4) is 0 Å². The number of benzene rings is 1. The molecule has 2 heterocycles. The second kappa shape index (κ2) is 6.10. The Morgan fingerprint density at radius 3 is 2.86 bits per heavy atom. The van der Waals surface area contributed by atoms with Crippen molar-refractivity contribution in [2.45, 2.75) is 25.8 Å². The van der Waals surface area contributed by atoms with Gasteiger partial charge in [-0.2, -0.15) is 0 Å². The van der Waals surface area contributed by atoms with Gasteiger partial charge in [-0.25, -0.2) is 0 Å². The summed E-state index contributed by atoms with van der Waals surface area (Å²) in [5.74, 6) is 0.201. The lowest BCUT2D eigenvalue weighted by Crippen LogP contribution is -2.32. The van der Waals surface area contributed by atoms with Crippen molar-refractivity contribution in [3.8, 4) is 0 Å². The maximum atomic E-state index is 11.9. The van der Waals surface area contributed by atoms with Crippen LogP contribution in [-0.4, -0.2) is 16.5 Å². The van der Waals surface area contributed by atoms with E-state index < -0.39 is 0 Å². The topological polar surface area (TPSA) is 47.2 Å². The molecule has 1 amide bonds. The number of amides is 1. The molecule has 22 heavy (non-hydrogen) atoms. The fourth-order valence-electron chi connectivity index (χ4n) is 2.77. The third-order valence-corrected chi connectivity index (χ3v) is 3.95. The molecular formula is C18H20N2O2. The quantitative estimate of drug-likeness (QED) is 0.783. The molecule has 2 aromatic heterocycles. The number of aromatic nitrogens is 1. The number of nitrogens with zero attached hydrogens (tertiary/aromatic N) is 1. The molecule has 4 nitrogen and oxygen atoms in total. The molecule has 3 rings (SSSR count). The molecule has 3 aromatic rings. The number of hydrogen-bond acceptors (Lipinski definition) is 2. The molecule has 0 unspecified atom stereocenters. The molecule has 0 aliphatic rings. The Labute approximate surface area is 129 Å². The van der Waals surface area contributed by atoms with Crippen molar-refractivity contribution in [1.82, 2.24) is 9.88 Å². The number of carbonyl (C=O) groups excluding carboxylic acids is 1. The Kier molecular flexibility index (Phi) is 4.00. The molecule has 0 aliphatic carbocycles. The van der Waals surface area contributed by atoms with Gasteiger partial charge in [0.1, 0.15) is 0 Å². The number of para-hydroxylation sites is 1. The summed E-state index contributed by atoms with van der Waals surface area (Å²) < 4.78 is 7.25. The first kappa shape index (κ1) is 14.4. The third-order valence-electron chi connectivity index (χ3n) is 3.95. The highest BCUT2D eigenvalue weighted by atomic mass is 16.3. The number of hydrogen-bond donors (Lipinski definition) is 1. The summed E-state index contributed by atoms with van der Waals surface area (Å²) in [6.45, 7) is 2.02. The van der Waals surface area contributed by atoms with Crippen molar-refractivity contribution in [1.29, 1.82) is 0 Å². The largest absolute Gasteiger partial charge is 0.459 e. The number of aryl methyl sites for hydroxylation is 2. The Hall–Kier alpha value is -2.49. The smallest absolute Gasteiger partial charge is 0.287 e. The number of fused-ring (bicyclic) bond motifs is 1. The van der Waals surface area contributed by atoms with E-state index >= 15 is 0 Å². The second-order valence-electron chi connectivity index (χ2n) is 5.67. The maximum absolute atomic E-state index is 11.9. The van der Waals surface area contributed by atoms with Crippen molar-refractivity contribution in [3.63, 3.8) is 0 Å². The van der Waals surface area contributed by atoms with E-state index in [2.05, 4.69) is 47.4 Å². The lowest BCUT2D eigenvalue weighted by atomic mass is 10.1. The molecule has 0 fully saturated rings. The van der Waals surface area contributed by atoms with Gasteiger partial charge >= 0.3 is 0 Å². The SMILES string of the molecule is C[C@@H](CCc1cn(C)c2ccccc12)NC(=O)c1ccco1. The Bertz CT molecular complexity index is 772. The van der Waals surface area contributed by atoms with Crippen LogP contribution in [0, 0.1) is 0 Å². The molecule has 1 N–H and O–H groups in total. The van der Waals surface area contributed by atoms with E-state index in [-0.39, 0.29) is 11.9 Å². The van der Waals surface area contributed by atoms with Crippen molar-refractivity contribution in [2.75, 3.05) is 0 Å². The molecule has 114 valence electrons. The number of nitrogens with one attached hydrogen (secondary N) is 1. The fraction of sp³-hybridized carbons (Fsp3) is 0.278. The van der Waals surface area contributed by atoms with Crippen molar-refractivity contribution in [3.05, 3.63) is 60.2 Å². The van der Waals surface area contributed by atoms with Crippen LogP contribution in [0.15, 0.2) is 53.3 Å². The summed E-state index contributed by atoms with van der Waals surface area (Å²) in [4.78, 5) is 11.9. The number of furan rings is 1. The highest BCUT2D eigenvalue weighted by Gasteiger charge is 2.13. The van der Waals surface area contributed by atoms with E-state index in [0.717, 1.165) is 12.8 Å². The Morgan fingerprint density at radius 2 is 2.09 bits per heavy atom. The zero-order chi connectivity index (χ0) is 15.5. The van der Waals surface area contributed by atoms with Crippen molar-refractivity contribution < 1.29 is 9.21 Å². The second-order valence-corrected chi connectivity index (χ2v) is 5.67. The van der Waals surface area contributed by atoms with Gasteiger partial charge < -0.3 is 14.3 Å². The van der Waals surface area contributed by atoms with Crippen molar-refractivity contribution >= 4 is 16.8 Å². The van der Waals surface area contributed by atoms with E-state index in [1.54, 1.807) is 12.1 Å². The van der Waals surface area contributed by atoms with Crippen LogP contribution >= 0.6 is 0 Å². The highest BCUT2D eigenvalue weighted by Crippen LogP contribution is 2.21. The maximum Gasteiger partial charge on any atom is 0.287 e. The van der Waals surface area contributed by atoms with Crippen LogP contribution in [0.25, 0.3) is 10.9 Å². The zero-order valence-electron chi connectivity index (χ0n) is 12.9. The molecule has 0 saturated carbocycles. The van der Waals surface area contributed by atoms with E-state index in [4.69, 9.17) is 4.42 Å². The normalized spacial score (nSPS) is 12.5. The van der Waals surface area contributed by atoms with Gasteiger partial charge in [-0.3, -0.25) is 4.79 Å². The minimum Gasteiger partial charge on any atom is -0.459 e. The predicted molar refractivity (Wildman–Crippen MR) is 86.9 cm³/mol. The van der Waals surface area contributed by atoms with Crippen LogP contribution in [0.5, 0.6) is 0 Å². The summed E-state index contributed by atoms with van der Waals surface area (Å²) in [7, 11) is 2.06. The first-order valence-corrected chi connectivity index (χ1v) is 7.52. The van der Waals surface area contributed by atoms with Crippen molar-refractivity contribution in [2.24, 2.45) is 7.05 Å². The Balaban J connectivity index is 1.63. The first-order valence-electron chi connectivity index (χ1n) is 7.52. The van der Waals surface area contributed by atoms with E-state index in [1.165, 1.54) is 22.7 Å². The van der Waals surface area contributed by atoms with Gasteiger partial charge in [0.15, 0.2) is 5.76 Å². The van der Waals surface area contributed by atoms with E-state index in [1.807, 2.05) is 6.92 Å². The summed E-state index contributed by atoms with van der Waals surface area (Å²) in [6, 6.07) is 11.9. The lowest BCUT2D eigenvalue weighted by molar-refractivity contribution is 0.0910. The summed E-state index contributed by atoms with van der Waals surface area (Å²) >= 11 is 0. The molecule has 0 spiro atoms.